The van der Waals surface area contributed by atoms with E-state index in [-0.39, 0.29) is 11.8 Å². The van der Waals surface area contributed by atoms with Gasteiger partial charge in [0.05, 0.1) is 0 Å². The second-order valence-corrected chi connectivity index (χ2v) is 3.07. The summed E-state index contributed by atoms with van der Waals surface area (Å²) in [5, 5.41) is 32.4. The SMILES string of the molecule is O=C(O)Sc1c([N+](=O)[O-])n[nH]c1[N+](=O)[O-]. The molecule has 1 aromatic rings. The third-order valence-corrected chi connectivity index (χ3v) is 1.99. The van der Waals surface area contributed by atoms with Gasteiger partial charge in [0.2, 0.25) is 4.90 Å². The van der Waals surface area contributed by atoms with E-state index in [4.69, 9.17) is 5.11 Å². The smallest absolute Gasteiger partial charge is 0.434 e. The fourth-order valence-corrected chi connectivity index (χ4v) is 1.35. The summed E-state index contributed by atoms with van der Waals surface area (Å²) in [4.78, 5) is 28.4. The highest BCUT2D eigenvalue weighted by molar-refractivity contribution is 8.13. The molecule has 1 heterocycles. The Hall–Kier alpha value is -2.17. The standard InChI is InChI=1S/C4H2N4O6S/c9-4(10)15-1-2(7(11)12)5-6-3(1)8(13)14/h(H,5,6)(H,9,10). The van der Waals surface area contributed by atoms with Gasteiger partial charge >= 0.3 is 16.9 Å². The summed E-state index contributed by atoms with van der Waals surface area (Å²) in [7, 11) is 0. The lowest BCUT2D eigenvalue weighted by atomic mass is 10.6. The predicted octanol–water partition coefficient (Wildman–Crippen LogP) is 0.996. The van der Waals surface area contributed by atoms with Crippen molar-refractivity contribution >= 4 is 28.7 Å². The van der Waals surface area contributed by atoms with Crippen LogP contribution in [0.1, 0.15) is 0 Å². The molecule has 0 aromatic carbocycles. The molecule has 0 unspecified atom stereocenters. The van der Waals surface area contributed by atoms with Gasteiger partial charge in [-0.2, -0.15) is 0 Å². The molecule has 0 amide bonds. The largest absolute Gasteiger partial charge is 0.473 e. The zero-order valence-electron chi connectivity index (χ0n) is 6.74. The minimum absolute atomic E-state index is 0.0454. The molecule has 80 valence electrons. The number of carbonyl (C=O) groups is 1. The van der Waals surface area contributed by atoms with Gasteiger partial charge in [0, 0.05) is 11.8 Å². The van der Waals surface area contributed by atoms with E-state index in [1.54, 1.807) is 5.10 Å². The molecule has 0 aliphatic heterocycles. The van der Waals surface area contributed by atoms with E-state index in [2.05, 4.69) is 5.10 Å². The predicted molar refractivity (Wildman–Crippen MR) is 45.8 cm³/mol. The van der Waals surface area contributed by atoms with Crippen LogP contribution in [-0.2, 0) is 0 Å². The molecule has 1 rings (SSSR count). The van der Waals surface area contributed by atoms with E-state index in [1.165, 1.54) is 0 Å². The van der Waals surface area contributed by atoms with Crippen molar-refractivity contribution in [2.24, 2.45) is 0 Å². The van der Waals surface area contributed by atoms with Crippen LogP contribution in [-0.4, -0.2) is 30.5 Å². The molecule has 0 aliphatic carbocycles. The number of H-pyrrole nitrogens is 1. The molecule has 15 heavy (non-hydrogen) atoms. The Morgan fingerprint density at radius 3 is 2.40 bits per heavy atom. The van der Waals surface area contributed by atoms with E-state index >= 15 is 0 Å². The van der Waals surface area contributed by atoms with Gasteiger partial charge in [0.25, 0.3) is 0 Å². The zero-order valence-corrected chi connectivity index (χ0v) is 7.55. The molecule has 0 saturated heterocycles. The Morgan fingerprint density at radius 1 is 1.40 bits per heavy atom. The van der Waals surface area contributed by atoms with Gasteiger partial charge in [-0.3, -0.25) is 0 Å². The quantitative estimate of drug-likeness (QED) is 0.446. The average molecular weight is 234 g/mol. The van der Waals surface area contributed by atoms with E-state index in [0.29, 0.717) is 0 Å². The van der Waals surface area contributed by atoms with Crippen LogP contribution >= 0.6 is 11.8 Å². The maximum atomic E-state index is 10.3. The molecule has 11 heteroatoms. The summed E-state index contributed by atoms with van der Waals surface area (Å²) in [5.74, 6) is -1.69. The number of nitrogens with zero attached hydrogens (tertiary/aromatic N) is 3. The molecule has 0 saturated carbocycles. The van der Waals surface area contributed by atoms with E-state index < -0.39 is 31.7 Å². The lowest BCUT2D eigenvalue weighted by Crippen LogP contribution is -1.94. The number of nitro groups is 2. The van der Waals surface area contributed by atoms with Crippen molar-refractivity contribution in [3.05, 3.63) is 20.2 Å². The number of carboxylic acid groups (broad SMARTS) is 1. The number of rotatable bonds is 3. The summed E-state index contributed by atoms with van der Waals surface area (Å²) in [6.07, 6.45) is 0. The molecule has 2 N–H and O–H groups in total. The first-order valence-electron chi connectivity index (χ1n) is 3.21. The van der Waals surface area contributed by atoms with E-state index in [0.717, 1.165) is 0 Å². The number of hydrogen-bond acceptors (Lipinski definition) is 7. The van der Waals surface area contributed by atoms with Crippen LogP contribution in [0.15, 0.2) is 4.90 Å². The second kappa shape index (κ2) is 3.91. The summed E-state index contributed by atoms with van der Waals surface area (Å²) in [6, 6.07) is 0. The first-order chi connectivity index (χ1) is 6.93. The lowest BCUT2D eigenvalue weighted by molar-refractivity contribution is -0.399. The van der Waals surface area contributed by atoms with E-state index in [1.807, 2.05) is 0 Å². The molecule has 10 nitrogen and oxygen atoms in total. The fourth-order valence-electron chi connectivity index (χ4n) is 0.742. The molecule has 0 radical (unpaired) electrons. The summed E-state index contributed by atoms with van der Waals surface area (Å²) in [5.41, 5.74) is 0. The van der Waals surface area contributed by atoms with Crippen molar-refractivity contribution < 1.29 is 19.7 Å². The van der Waals surface area contributed by atoms with Crippen LogP contribution in [0.25, 0.3) is 0 Å². The molecule has 0 bridgehead atoms. The number of nitrogens with one attached hydrogen (secondary N) is 1. The Morgan fingerprint density at radius 2 is 2.00 bits per heavy atom. The van der Waals surface area contributed by atoms with Crippen LogP contribution in [0.5, 0.6) is 0 Å². The number of aromatic nitrogens is 2. The number of thioether (sulfide) groups is 1. The highest BCUT2D eigenvalue weighted by Crippen LogP contribution is 2.35. The van der Waals surface area contributed by atoms with Crippen LogP contribution in [0.3, 0.4) is 0 Å². The minimum Gasteiger partial charge on any atom is -0.473 e. The third-order valence-electron chi connectivity index (χ3n) is 1.23. The van der Waals surface area contributed by atoms with Crippen molar-refractivity contribution in [2.45, 2.75) is 4.90 Å². The number of aromatic amines is 1. The Balaban J connectivity index is 3.26. The second-order valence-electron chi connectivity index (χ2n) is 2.11. The maximum Gasteiger partial charge on any atom is 0.434 e. The molecular weight excluding hydrogens is 232 g/mol. The van der Waals surface area contributed by atoms with Gasteiger partial charge in [-0.25, -0.2) is 4.79 Å². The fraction of sp³-hybridized carbons (Fsp3) is 0. The van der Waals surface area contributed by atoms with Gasteiger partial charge in [0.1, 0.15) is 5.10 Å². The van der Waals surface area contributed by atoms with Crippen LogP contribution in [0.2, 0.25) is 0 Å². The topological polar surface area (TPSA) is 152 Å². The monoisotopic (exact) mass is 234 g/mol. The molecule has 0 atom stereocenters. The molecule has 0 fully saturated rings. The molecule has 1 aromatic heterocycles. The van der Waals surface area contributed by atoms with Crippen molar-refractivity contribution in [2.75, 3.05) is 0 Å². The average Bonchev–Trinajstić information content (AvgIpc) is 2.46. The highest BCUT2D eigenvalue weighted by atomic mass is 32.2. The van der Waals surface area contributed by atoms with Gasteiger partial charge in [0.15, 0.2) is 0 Å². The normalized spacial score (nSPS) is 9.87. The van der Waals surface area contributed by atoms with Gasteiger partial charge in [-0.05, 0) is 14.9 Å². The highest BCUT2D eigenvalue weighted by Gasteiger charge is 2.33. The van der Waals surface area contributed by atoms with Crippen molar-refractivity contribution in [1.82, 2.24) is 10.2 Å². The van der Waals surface area contributed by atoms with Crippen molar-refractivity contribution in [1.29, 1.82) is 0 Å². The Labute approximate surface area is 84.6 Å². The summed E-state index contributed by atoms with van der Waals surface area (Å²) >= 11 is -0.0454. The van der Waals surface area contributed by atoms with E-state index in [9.17, 15) is 25.0 Å². The summed E-state index contributed by atoms with van der Waals surface area (Å²) < 4.78 is 0. The van der Waals surface area contributed by atoms with Crippen LogP contribution in [0.4, 0.5) is 16.4 Å². The van der Waals surface area contributed by atoms with Crippen LogP contribution < -0.4 is 0 Å². The minimum atomic E-state index is -1.50. The third kappa shape index (κ3) is 2.19. The first-order valence-corrected chi connectivity index (χ1v) is 4.03. The molecule has 0 spiro atoms. The van der Waals surface area contributed by atoms with Crippen molar-refractivity contribution in [3.8, 4) is 0 Å². The molecule has 0 aliphatic rings. The summed E-state index contributed by atoms with van der Waals surface area (Å²) in [6.45, 7) is 0. The van der Waals surface area contributed by atoms with Crippen molar-refractivity contribution in [3.63, 3.8) is 0 Å². The number of hydrogen-bond donors (Lipinski definition) is 2. The Bertz CT molecular complexity index is 409. The van der Waals surface area contributed by atoms with Gasteiger partial charge in [-0.1, -0.05) is 0 Å². The first kappa shape index (κ1) is 10.9. The van der Waals surface area contributed by atoms with Crippen LogP contribution in [0, 0.1) is 20.2 Å². The van der Waals surface area contributed by atoms with Gasteiger partial charge in [-0.15, -0.1) is 0 Å². The molecular formula is C4H2N4O6S. The lowest BCUT2D eigenvalue weighted by Gasteiger charge is -1.92. The maximum absolute atomic E-state index is 10.3. The van der Waals surface area contributed by atoms with Gasteiger partial charge < -0.3 is 25.3 Å². The Kier molecular flexibility index (Phi) is 2.85. The zero-order chi connectivity index (χ0) is 11.6.